The van der Waals surface area contributed by atoms with Crippen LogP contribution in [-0.2, 0) is 13.6 Å². The van der Waals surface area contributed by atoms with E-state index in [1.54, 1.807) is 19.4 Å². The predicted octanol–water partition coefficient (Wildman–Crippen LogP) is 1.58. The number of nitrogens with zero attached hydrogens (tertiary/aromatic N) is 4. The Hall–Kier alpha value is -2.89. The van der Waals surface area contributed by atoms with Gasteiger partial charge in [0.25, 0.3) is 0 Å². The van der Waals surface area contributed by atoms with E-state index in [4.69, 9.17) is 0 Å². The fourth-order valence-corrected chi connectivity index (χ4v) is 1.98. The molecule has 0 unspecified atom stereocenters. The van der Waals surface area contributed by atoms with Crippen molar-refractivity contribution in [1.29, 1.82) is 0 Å². The molecule has 6 nitrogen and oxygen atoms in total. The molecule has 0 saturated carbocycles. The summed E-state index contributed by atoms with van der Waals surface area (Å²) in [7, 11) is 1.68. The third kappa shape index (κ3) is 2.84. The van der Waals surface area contributed by atoms with Gasteiger partial charge >= 0.3 is 5.69 Å². The number of rotatable bonds is 4. The molecule has 2 aromatic heterocycles. The number of nitrogens with one attached hydrogen (secondary N) is 1. The average molecular weight is 281 g/mol. The molecule has 3 rings (SSSR count). The quantitative estimate of drug-likeness (QED) is 0.788. The van der Waals surface area contributed by atoms with Gasteiger partial charge in [0.05, 0.1) is 5.69 Å². The summed E-state index contributed by atoms with van der Waals surface area (Å²) in [5.41, 5.74) is 2.73. The SMILES string of the molecule is Cn1cnn(-c2ccc(NCc3ccncc3)cc2)c1=O. The lowest BCUT2D eigenvalue weighted by Crippen LogP contribution is -2.21. The Morgan fingerprint density at radius 2 is 1.81 bits per heavy atom. The van der Waals surface area contributed by atoms with Gasteiger partial charge in [0, 0.05) is 31.7 Å². The standard InChI is InChI=1S/C15H15N5O/c1-19-11-18-20(15(19)21)14-4-2-13(3-5-14)17-10-12-6-8-16-9-7-12/h2-9,11,17H,10H2,1H3. The van der Waals surface area contributed by atoms with E-state index < -0.39 is 0 Å². The summed E-state index contributed by atoms with van der Waals surface area (Å²) in [6, 6.07) is 11.5. The fraction of sp³-hybridized carbons (Fsp3) is 0.133. The maximum Gasteiger partial charge on any atom is 0.350 e. The zero-order valence-electron chi connectivity index (χ0n) is 11.6. The second-order valence-corrected chi connectivity index (χ2v) is 4.69. The molecule has 0 saturated heterocycles. The highest BCUT2D eigenvalue weighted by Gasteiger charge is 2.04. The minimum Gasteiger partial charge on any atom is -0.381 e. The van der Waals surface area contributed by atoms with Gasteiger partial charge in [-0.05, 0) is 42.0 Å². The summed E-state index contributed by atoms with van der Waals surface area (Å²) >= 11 is 0. The lowest BCUT2D eigenvalue weighted by molar-refractivity contribution is 0.799. The summed E-state index contributed by atoms with van der Waals surface area (Å²) in [4.78, 5) is 15.8. The molecule has 21 heavy (non-hydrogen) atoms. The molecule has 0 atom stereocenters. The third-order valence-corrected chi connectivity index (χ3v) is 3.18. The van der Waals surface area contributed by atoms with Crippen LogP contribution in [0.25, 0.3) is 5.69 Å². The lowest BCUT2D eigenvalue weighted by Gasteiger charge is -2.07. The van der Waals surface area contributed by atoms with Crippen LogP contribution in [-0.4, -0.2) is 19.3 Å². The van der Waals surface area contributed by atoms with Gasteiger partial charge in [-0.2, -0.15) is 9.78 Å². The van der Waals surface area contributed by atoms with Gasteiger partial charge in [-0.25, -0.2) is 4.79 Å². The first-order chi connectivity index (χ1) is 10.2. The molecule has 0 aliphatic carbocycles. The van der Waals surface area contributed by atoms with Crippen LogP contribution in [0.15, 0.2) is 59.9 Å². The van der Waals surface area contributed by atoms with Crippen LogP contribution in [0.3, 0.4) is 0 Å². The highest BCUT2D eigenvalue weighted by Crippen LogP contribution is 2.12. The molecule has 0 radical (unpaired) electrons. The lowest BCUT2D eigenvalue weighted by atomic mass is 10.2. The molecule has 2 heterocycles. The summed E-state index contributed by atoms with van der Waals surface area (Å²) < 4.78 is 2.81. The summed E-state index contributed by atoms with van der Waals surface area (Å²) in [6.45, 7) is 0.728. The second-order valence-electron chi connectivity index (χ2n) is 4.69. The van der Waals surface area contributed by atoms with E-state index >= 15 is 0 Å². The molecule has 1 N–H and O–H groups in total. The highest BCUT2D eigenvalue weighted by atomic mass is 16.2. The molecular weight excluding hydrogens is 266 g/mol. The highest BCUT2D eigenvalue weighted by molar-refractivity contribution is 5.48. The molecule has 106 valence electrons. The van der Waals surface area contributed by atoms with E-state index in [1.165, 1.54) is 15.6 Å². The molecule has 0 aliphatic rings. The Kier molecular flexibility index (Phi) is 3.51. The molecule has 6 heteroatoms. The molecule has 3 aromatic rings. The Morgan fingerprint density at radius 1 is 1.10 bits per heavy atom. The topological polar surface area (TPSA) is 64.7 Å². The van der Waals surface area contributed by atoms with Gasteiger partial charge in [0.1, 0.15) is 6.33 Å². The minimum absolute atomic E-state index is 0.160. The van der Waals surface area contributed by atoms with Crippen molar-refractivity contribution in [2.45, 2.75) is 6.54 Å². The number of pyridine rings is 1. The minimum atomic E-state index is -0.160. The molecule has 0 spiro atoms. The number of aromatic nitrogens is 4. The van der Waals surface area contributed by atoms with Crippen molar-refractivity contribution in [3.8, 4) is 5.69 Å². The van der Waals surface area contributed by atoms with Crippen molar-refractivity contribution in [3.63, 3.8) is 0 Å². The van der Waals surface area contributed by atoms with Crippen LogP contribution in [0.4, 0.5) is 5.69 Å². The van der Waals surface area contributed by atoms with Crippen LogP contribution in [0.5, 0.6) is 0 Å². The van der Waals surface area contributed by atoms with Gasteiger partial charge in [0.2, 0.25) is 0 Å². The van der Waals surface area contributed by atoms with Crippen molar-refractivity contribution in [1.82, 2.24) is 19.3 Å². The first-order valence-corrected chi connectivity index (χ1v) is 6.58. The molecule has 0 bridgehead atoms. The number of anilines is 1. The second kappa shape index (κ2) is 5.62. The monoisotopic (exact) mass is 281 g/mol. The zero-order chi connectivity index (χ0) is 14.7. The van der Waals surface area contributed by atoms with E-state index in [2.05, 4.69) is 15.4 Å². The predicted molar refractivity (Wildman–Crippen MR) is 80.4 cm³/mol. The van der Waals surface area contributed by atoms with Gasteiger partial charge in [-0.3, -0.25) is 9.55 Å². The van der Waals surface area contributed by atoms with Crippen LogP contribution in [0.1, 0.15) is 5.56 Å². The van der Waals surface area contributed by atoms with Crippen LogP contribution in [0.2, 0.25) is 0 Å². The van der Waals surface area contributed by atoms with Crippen LogP contribution < -0.4 is 11.0 Å². The first-order valence-electron chi connectivity index (χ1n) is 6.58. The number of aryl methyl sites for hydroxylation is 1. The maximum atomic E-state index is 11.8. The van der Waals surface area contributed by atoms with Gasteiger partial charge in [0.15, 0.2) is 0 Å². The Morgan fingerprint density at radius 3 is 2.43 bits per heavy atom. The normalized spacial score (nSPS) is 10.5. The fourth-order valence-electron chi connectivity index (χ4n) is 1.98. The largest absolute Gasteiger partial charge is 0.381 e. The van der Waals surface area contributed by atoms with Crippen molar-refractivity contribution in [3.05, 3.63) is 71.2 Å². The van der Waals surface area contributed by atoms with Gasteiger partial charge in [-0.1, -0.05) is 0 Å². The Labute approximate surface area is 121 Å². The van der Waals surface area contributed by atoms with Gasteiger partial charge in [-0.15, -0.1) is 0 Å². The van der Waals surface area contributed by atoms with Crippen molar-refractivity contribution in [2.75, 3.05) is 5.32 Å². The van der Waals surface area contributed by atoms with Gasteiger partial charge < -0.3 is 5.32 Å². The van der Waals surface area contributed by atoms with E-state index in [9.17, 15) is 4.79 Å². The molecule has 0 aliphatic heterocycles. The Bertz CT molecular complexity index is 774. The third-order valence-electron chi connectivity index (χ3n) is 3.18. The summed E-state index contributed by atoms with van der Waals surface area (Å²) in [5, 5.41) is 7.37. The Balaban J connectivity index is 1.73. The van der Waals surface area contributed by atoms with Crippen LogP contribution in [0, 0.1) is 0 Å². The van der Waals surface area contributed by atoms with Crippen LogP contribution >= 0.6 is 0 Å². The molecule has 0 amide bonds. The van der Waals surface area contributed by atoms with Crippen molar-refractivity contribution < 1.29 is 0 Å². The molecule has 1 aromatic carbocycles. The van der Waals surface area contributed by atoms with E-state index in [0.717, 1.165) is 23.5 Å². The summed E-state index contributed by atoms with van der Waals surface area (Å²) in [5.74, 6) is 0. The number of hydrogen-bond donors (Lipinski definition) is 1. The number of hydrogen-bond acceptors (Lipinski definition) is 4. The van der Waals surface area contributed by atoms with Crippen molar-refractivity contribution >= 4 is 5.69 Å². The first kappa shape index (κ1) is 13.1. The van der Waals surface area contributed by atoms with E-state index in [1.807, 2.05) is 36.4 Å². The van der Waals surface area contributed by atoms with E-state index in [0.29, 0.717) is 0 Å². The maximum absolute atomic E-state index is 11.8. The molecule has 0 fully saturated rings. The average Bonchev–Trinajstić information content (AvgIpc) is 2.87. The van der Waals surface area contributed by atoms with Crippen molar-refractivity contribution in [2.24, 2.45) is 7.05 Å². The number of benzene rings is 1. The molecular formula is C15H15N5O. The summed E-state index contributed by atoms with van der Waals surface area (Å²) in [6.07, 6.45) is 5.04. The van der Waals surface area contributed by atoms with E-state index in [-0.39, 0.29) is 5.69 Å². The zero-order valence-corrected chi connectivity index (χ0v) is 11.6. The smallest absolute Gasteiger partial charge is 0.350 e.